The number of carbonyl (C=O) groups is 1. The first-order valence-corrected chi connectivity index (χ1v) is 4.39. The van der Waals surface area contributed by atoms with Gasteiger partial charge in [-0.15, -0.1) is 0 Å². The third kappa shape index (κ3) is 1.59. The van der Waals surface area contributed by atoms with Crippen molar-refractivity contribution in [3.05, 3.63) is 0 Å². The van der Waals surface area contributed by atoms with E-state index in [0.29, 0.717) is 5.92 Å². The van der Waals surface area contributed by atoms with Gasteiger partial charge in [0.2, 0.25) is 6.23 Å². The van der Waals surface area contributed by atoms with E-state index in [0.717, 1.165) is 13.0 Å². The van der Waals surface area contributed by atoms with Crippen molar-refractivity contribution in [1.29, 1.82) is 0 Å². The largest absolute Gasteiger partial charge is 0.478 e. The molecule has 0 radical (unpaired) electrons. The van der Waals surface area contributed by atoms with Crippen molar-refractivity contribution >= 4 is 5.97 Å². The normalized spacial score (nSPS) is 36.3. The van der Waals surface area contributed by atoms with Gasteiger partial charge in [-0.05, 0) is 25.2 Å². The fourth-order valence-electron chi connectivity index (χ4n) is 1.61. The molecule has 1 saturated carbocycles. The minimum absolute atomic E-state index is 0.187. The van der Waals surface area contributed by atoms with E-state index in [2.05, 4.69) is 5.32 Å². The molecule has 4 heteroatoms. The molecule has 2 N–H and O–H groups in total. The van der Waals surface area contributed by atoms with E-state index in [1.807, 2.05) is 0 Å². The zero-order chi connectivity index (χ0) is 8.55. The van der Waals surface area contributed by atoms with Gasteiger partial charge in [0.1, 0.15) is 0 Å². The lowest BCUT2D eigenvalue weighted by atomic mass is 10.1. The molecule has 2 rings (SSSR count). The lowest BCUT2D eigenvalue weighted by Gasteiger charge is -2.28. The molecule has 68 valence electrons. The summed E-state index contributed by atoms with van der Waals surface area (Å²) in [4.78, 5) is 10.6. The predicted octanol–water partition coefficient (Wildman–Crippen LogP) is 0.186. The van der Waals surface area contributed by atoms with Gasteiger partial charge in [-0.1, -0.05) is 0 Å². The average molecular weight is 171 g/mol. The summed E-state index contributed by atoms with van der Waals surface area (Å²) >= 11 is 0. The minimum Gasteiger partial charge on any atom is -0.478 e. The Hall–Kier alpha value is -0.610. The number of rotatable bonds is 2. The molecule has 0 bridgehead atoms. The van der Waals surface area contributed by atoms with Gasteiger partial charge in [0.15, 0.2) is 0 Å². The topological polar surface area (TPSA) is 58.6 Å². The summed E-state index contributed by atoms with van der Waals surface area (Å²) in [5.41, 5.74) is 0. The molecule has 0 aromatic heterocycles. The Bertz CT molecular complexity index is 191. The van der Waals surface area contributed by atoms with Crippen molar-refractivity contribution in [2.75, 3.05) is 6.54 Å². The second-order valence-corrected chi connectivity index (χ2v) is 3.47. The molecule has 2 atom stereocenters. The molecule has 1 saturated heterocycles. The number of aliphatic carboxylic acids is 1. The molecule has 0 spiro atoms. The molecule has 1 aliphatic heterocycles. The van der Waals surface area contributed by atoms with E-state index in [1.165, 1.54) is 12.8 Å². The summed E-state index contributed by atoms with van der Waals surface area (Å²) in [6, 6.07) is 0. The van der Waals surface area contributed by atoms with Crippen LogP contribution in [0.2, 0.25) is 0 Å². The second kappa shape index (κ2) is 3.03. The SMILES string of the molecule is O=C(O)C1NCCC(C2CC2)O1. The summed E-state index contributed by atoms with van der Waals surface area (Å²) in [6.07, 6.45) is 2.78. The average Bonchev–Trinajstić information content (AvgIpc) is 2.87. The Morgan fingerprint density at radius 1 is 1.42 bits per heavy atom. The molecule has 12 heavy (non-hydrogen) atoms. The fourth-order valence-corrected chi connectivity index (χ4v) is 1.61. The van der Waals surface area contributed by atoms with Crippen LogP contribution in [0.4, 0.5) is 0 Å². The molecule has 2 unspecified atom stereocenters. The van der Waals surface area contributed by atoms with E-state index in [-0.39, 0.29) is 6.10 Å². The number of carboxylic acids is 1. The maximum Gasteiger partial charge on any atom is 0.348 e. The smallest absolute Gasteiger partial charge is 0.348 e. The highest BCUT2D eigenvalue weighted by Crippen LogP contribution is 2.36. The van der Waals surface area contributed by atoms with Crippen LogP contribution in [-0.2, 0) is 9.53 Å². The molecule has 1 heterocycles. The lowest BCUT2D eigenvalue weighted by Crippen LogP contribution is -2.48. The quantitative estimate of drug-likeness (QED) is 0.622. The van der Waals surface area contributed by atoms with Crippen LogP contribution in [-0.4, -0.2) is 30.0 Å². The first-order chi connectivity index (χ1) is 5.77. The molecule has 0 aromatic carbocycles. The Morgan fingerprint density at radius 3 is 2.75 bits per heavy atom. The van der Waals surface area contributed by atoms with Crippen molar-refractivity contribution in [3.63, 3.8) is 0 Å². The van der Waals surface area contributed by atoms with E-state index in [9.17, 15) is 4.79 Å². The van der Waals surface area contributed by atoms with Crippen LogP contribution in [0, 0.1) is 5.92 Å². The zero-order valence-corrected chi connectivity index (χ0v) is 6.82. The highest BCUT2D eigenvalue weighted by atomic mass is 16.5. The van der Waals surface area contributed by atoms with Gasteiger partial charge in [-0.25, -0.2) is 4.79 Å². The van der Waals surface area contributed by atoms with Crippen LogP contribution in [0.15, 0.2) is 0 Å². The first kappa shape index (κ1) is 8.01. The van der Waals surface area contributed by atoms with Crippen molar-refractivity contribution in [2.24, 2.45) is 5.92 Å². The maximum absolute atomic E-state index is 10.6. The molecule has 2 fully saturated rings. The monoisotopic (exact) mass is 171 g/mol. The highest BCUT2D eigenvalue weighted by Gasteiger charge is 2.37. The van der Waals surface area contributed by atoms with Gasteiger partial charge in [0.25, 0.3) is 0 Å². The van der Waals surface area contributed by atoms with Crippen molar-refractivity contribution in [1.82, 2.24) is 5.32 Å². The third-order valence-electron chi connectivity index (χ3n) is 2.44. The number of carboxylic acid groups (broad SMARTS) is 1. The molecular weight excluding hydrogens is 158 g/mol. The standard InChI is InChI=1S/C8H13NO3/c10-8(11)7-9-4-3-6(12-7)5-1-2-5/h5-7,9H,1-4H2,(H,10,11). The Labute approximate surface area is 70.9 Å². The lowest BCUT2D eigenvalue weighted by molar-refractivity contribution is -0.163. The third-order valence-corrected chi connectivity index (χ3v) is 2.44. The molecular formula is C8H13NO3. The second-order valence-electron chi connectivity index (χ2n) is 3.47. The zero-order valence-electron chi connectivity index (χ0n) is 6.82. The van der Waals surface area contributed by atoms with Gasteiger partial charge in [0, 0.05) is 6.54 Å². The van der Waals surface area contributed by atoms with Gasteiger partial charge >= 0.3 is 5.97 Å². The maximum atomic E-state index is 10.6. The summed E-state index contributed by atoms with van der Waals surface area (Å²) in [5.74, 6) is -0.269. The van der Waals surface area contributed by atoms with Crippen LogP contribution in [0.3, 0.4) is 0 Å². The van der Waals surface area contributed by atoms with Gasteiger partial charge in [0.05, 0.1) is 6.10 Å². The van der Waals surface area contributed by atoms with Crippen LogP contribution in [0.25, 0.3) is 0 Å². The van der Waals surface area contributed by atoms with Crippen LogP contribution in [0.1, 0.15) is 19.3 Å². The minimum atomic E-state index is -0.902. The molecule has 4 nitrogen and oxygen atoms in total. The number of hydrogen-bond acceptors (Lipinski definition) is 3. The van der Waals surface area contributed by atoms with Crippen LogP contribution < -0.4 is 5.32 Å². The molecule has 1 aliphatic carbocycles. The van der Waals surface area contributed by atoms with Gasteiger partial charge < -0.3 is 9.84 Å². The molecule has 0 aromatic rings. The van der Waals surface area contributed by atoms with E-state index in [4.69, 9.17) is 9.84 Å². The van der Waals surface area contributed by atoms with Gasteiger partial charge in [-0.3, -0.25) is 5.32 Å². The van der Waals surface area contributed by atoms with Crippen LogP contribution >= 0.6 is 0 Å². The Kier molecular flexibility index (Phi) is 2.02. The number of hydrogen-bond donors (Lipinski definition) is 2. The summed E-state index contributed by atoms with van der Waals surface area (Å²) in [6.45, 7) is 0.762. The number of nitrogens with one attached hydrogen (secondary N) is 1. The van der Waals surface area contributed by atoms with E-state index in [1.54, 1.807) is 0 Å². The fraction of sp³-hybridized carbons (Fsp3) is 0.875. The van der Waals surface area contributed by atoms with Crippen molar-refractivity contribution in [2.45, 2.75) is 31.6 Å². The summed E-state index contributed by atoms with van der Waals surface area (Å²) in [7, 11) is 0. The summed E-state index contributed by atoms with van der Waals surface area (Å²) < 4.78 is 5.36. The summed E-state index contributed by atoms with van der Waals surface area (Å²) in [5, 5.41) is 11.5. The van der Waals surface area contributed by atoms with E-state index < -0.39 is 12.2 Å². The highest BCUT2D eigenvalue weighted by molar-refractivity contribution is 5.71. The predicted molar refractivity (Wildman–Crippen MR) is 41.6 cm³/mol. The molecule has 2 aliphatic rings. The Balaban J connectivity index is 1.89. The van der Waals surface area contributed by atoms with Crippen molar-refractivity contribution < 1.29 is 14.6 Å². The number of ether oxygens (including phenoxy) is 1. The van der Waals surface area contributed by atoms with Crippen molar-refractivity contribution in [3.8, 4) is 0 Å². The Morgan fingerprint density at radius 2 is 2.17 bits per heavy atom. The van der Waals surface area contributed by atoms with E-state index >= 15 is 0 Å². The first-order valence-electron chi connectivity index (χ1n) is 4.39. The van der Waals surface area contributed by atoms with Gasteiger partial charge in [-0.2, -0.15) is 0 Å². The van der Waals surface area contributed by atoms with Crippen LogP contribution in [0.5, 0.6) is 0 Å². The molecule has 0 amide bonds.